The van der Waals surface area contributed by atoms with Gasteiger partial charge in [-0.3, -0.25) is 4.79 Å². The quantitative estimate of drug-likeness (QED) is 0.481. The van der Waals surface area contributed by atoms with Crippen molar-refractivity contribution in [3.05, 3.63) is 41.5 Å². The number of carboxylic acid groups (broad SMARTS) is 1. The zero-order valence-electron chi connectivity index (χ0n) is 20.2. The largest absolute Gasteiger partial charge is 0.490 e. The van der Waals surface area contributed by atoms with Gasteiger partial charge in [0.1, 0.15) is 5.75 Å². The average molecular weight is 478 g/mol. The Hall–Kier alpha value is -2.28. The molecule has 186 valence electrons. The third kappa shape index (κ3) is 4.77. The predicted octanol–water partition coefficient (Wildman–Crippen LogP) is 6.80. The summed E-state index contributed by atoms with van der Waals surface area (Å²) in [5.41, 5.74) is 1.83. The van der Waals surface area contributed by atoms with Gasteiger partial charge in [-0.2, -0.15) is 13.2 Å². The number of aryl methyl sites for hydroxylation is 1. The number of nitrogens with one attached hydrogen (secondary N) is 1. The first-order valence-electron chi connectivity index (χ1n) is 12.1. The van der Waals surface area contributed by atoms with Gasteiger partial charge in [0.25, 0.3) is 0 Å². The molecule has 0 aliphatic heterocycles. The highest BCUT2D eigenvalue weighted by atomic mass is 19.4. The molecule has 2 fully saturated rings. The minimum Gasteiger partial charge on any atom is -0.490 e. The van der Waals surface area contributed by atoms with E-state index in [9.17, 15) is 23.1 Å². The fraction of sp³-hybridized carbons (Fsp3) is 0.593. The minimum atomic E-state index is -4.11. The maximum atomic E-state index is 12.9. The third-order valence-corrected chi connectivity index (χ3v) is 8.21. The van der Waals surface area contributed by atoms with E-state index in [0.29, 0.717) is 19.3 Å². The van der Waals surface area contributed by atoms with Gasteiger partial charge >= 0.3 is 12.1 Å². The maximum Gasteiger partial charge on any atom is 0.391 e. The Bertz CT molecular complexity index is 1060. The van der Waals surface area contributed by atoms with Crippen LogP contribution >= 0.6 is 0 Å². The van der Waals surface area contributed by atoms with Crippen molar-refractivity contribution in [1.82, 2.24) is 5.32 Å². The highest BCUT2D eigenvalue weighted by Gasteiger charge is 2.52. The third-order valence-electron chi connectivity index (χ3n) is 8.21. The van der Waals surface area contributed by atoms with E-state index in [1.807, 2.05) is 32.9 Å². The summed E-state index contributed by atoms with van der Waals surface area (Å²) in [6.07, 6.45) is -2.57. The van der Waals surface area contributed by atoms with Crippen LogP contribution in [0.25, 0.3) is 10.8 Å². The van der Waals surface area contributed by atoms with Crippen LogP contribution < -0.4 is 10.1 Å². The van der Waals surface area contributed by atoms with Gasteiger partial charge in [0.2, 0.25) is 0 Å². The average Bonchev–Trinajstić information content (AvgIpc) is 2.77. The van der Waals surface area contributed by atoms with Crippen molar-refractivity contribution in [2.45, 2.75) is 84.2 Å². The van der Waals surface area contributed by atoms with Crippen molar-refractivity contribution in [3.63, 3.8) is 0 Å². The Morgan fingerprint density at radius 1 is 1.15 bits per heavy atom. The van der Waals surface area contributed by atoms with Crippen LogP contribution in [0.1, 0.15) is 70.0 Å². The van der Waals surface area contributed by atoms with E-state index in [0.717, 1.165) is 27.6 Å². The highest BCUT2D eigenvalue weighted by molar-refractivity contribution is 5.88. The van der Waals surface area contributed by atoms with Crippen LogP contribution in [0.3, 0.4) is 0 Å². The molecule has 0 radical (unpaired) electrons. The monoisotopic (exact) mass is 477 g/mol. The molecule has 0 bridgehead atoms. The molecule has 3 unspecified atom stereocenters. The van der Waals surface area contributed by atoms with Gasteiger partial charge in [-0.25, -0.2) is 0 Å². The van der Waals surface area contributed by atoms with E-state index in [1.54, 1.807) is 0 Å². The van der Waals surface area contributed by atoms with Gasteiger partial charge in [-0.15, -0.1) is 0 Å². The van der Waals surface area contributed by atoms with E-state index in [4.69, 9.17) is 4.74 Å². The second-order valence-corrected chi connectivity index (χ2v) is 10.7. The van der Waals surface area contributed by atoms with E-state index in [-0.39, 0.29) is 42.4 Å². The molecule has 4 nitrogen and oxygen atoms in total. The zero-order chi connectivity index (χ0) is 24.8. The number of carbonyl (C=O) groups is 1. The molecule has 0 amide bonds. The van der Waals surface area contributed by atoms with Crippen molar-refractivity contribution < 1.29 is 27.8 Å². The van der Waals surface area contributed by atoms with E-state index in [2.05, 4.69) is 30.4 Å². The Morgan fingerprint density at radius 2 is 1.82 bits per heavy atom. The predicted molar refractivity (Wildman–Crippen MR) is 126 cm³/mol. The first kappa shape index (κ1) is 24.8. The lowest BCUT2D eigenvalue weighted by molar-refractivity contribution is -0.185. The lowest BCUT2D eigenvalue weighted by Crippen LogP contribution is -2.59. The molecule has 0 spiro atoms. The number of fused-ring (bicyclic) bond motifs is 1. The van der Waals surface area contributed by atoms with E-state index >= 15 is 0 Å². The number of aliphatic carboxylic acids is 1. The second-order valence-electron chi connectivity index (χ2n) is 10.7. The summed E-state index contributed by atoms with van der Waals surface area (Å²) >= 11 is 0. The topological polar surface area (TPSA) is 58.6 Å². The van der Waals surface area contributed by atoms with Gasteiger partial charge in [0.15, 0.2) is 0 Å². The summed E-state index contributed by atoms with van der Waals surface area (Å²) in [6, 6.07) is 10.4. The molecular weight excluding hydrogens is 443 g/mol. The molecule has 7 heteroatoms. The van der Waals surface area contributed by atoms with Gasteiger partial charge in [-0.1, -0.05) is 32.0 Å². The number of hydrogen-bond acceptors (Lipinski definition) is 3. The summed E-state index contributed by atoms with van der Waals surface area (Å²) in [4.78, 5) is 11.4. The first-order valence-corrected chi connectivity index (χ1v) is 12.1. The number of benzene rings is 2. The highest BCUT2D eigenvalue weighted by Crippen LogP contribution is 2.47. The molecule has 2 aliphatic rings. The molecule has 2 aliphatic carbocycles. The summed E-state index contributed by atoms with van der Waals surface area (Å²) in [6.45, 7) is 8.08. The Morgan fingerprint density at radius 3 is 2.41 bits per heavy atom. The zero-order valence-corrected chi connectivity index (χ0v) is 20.2. The van der Waals surface area contributed by atoms with Crippen LogP contribution in [0.5, 0.6) is 5.75 Å². The minimum absolute atomic E-state index is 0.0727. The molecule has 2 saturated carbocycles. The van der Waals surface area contributed by atoms with Crippen molar-refractivity contribution >= 4 is 16.7 Å². The second kappa shape index (κ2) is 9.06. The molecule has 4 rings (SSSR count). The molecule has 3 atom stereocenters. The summed E-state index contributed by atoms with van der Waals surface area (Å²) < 4.78 is 44.9. The van der Waals surface area contributed by atoms with Crippen LogP contribution in [0.4, 0.5) is 13.2 Å². The number of hydrogen-bond donors (Lipinski definition) is 2. The Balaban J connectivity index is 1.42. The SMILES string of the molecule is Cc1c(OC2CCC(C(F)(F)F)CC2)ccc2cc(C(C)NC3CC(C(=O)O)C3(C)C)ccc12. The number of halogens is 3. The van der Waals surface area contributed by atoms with Crippen molar-refractivity contribution in [2.75, 3.05) is 0 Å². The van der Waals surface area contributed by atoms with Gasteiger partial charge in [-0.05, 0) is 85.4 Å². The molecule has 2 aromatic carbocycles. The number of alkyl halides is 3. The van der Waals surface area contributed by atoms with Crippen molar-refractivity contribution in [2.24, 2.45) is 17.3 Å². The van der Waals surface area contributed by atoms with Crippen LogP contribution in [0, 0.1) is 24.2 Å². The number of carboxylic acids is 1. The van der Waals surface area contributed by atoms with Gasteiger partial charge in [0, 0.05) is 12.1 Å². The molecule has 0 aromatic heterocycles. The van der Waals surface area contributed by atoms with E-state index < -0.39 is 18.1 Å². The fourth-order valence-electron chi connectivity index (χ4n) is 5.59. The lowest BCUT2D eigenvalue weighted by Gasteiger charge is -2.51. The van der Waals surface area contributed by atoms with E-state index in [1.165, 1.54) is 0 Å². The van der Waals surface area contributed by atoms with Crippen molar-refractivity contribution in [1.29, 1.82) is 0 Å². The van der Waals surface area contributed by atoms with Crippen LogP contribution in [0.2, 0.25) is 0 Å². The Kier molecular flexibility index (Phi) is 6.62. The Labute approximate surface area is 198 Å². The molecule has 2 N–H and O–H groups in total. The molecule has 0 heterocycles. The smallest absolute Gasteiger partial charge is 0.391 e. The van der Waals surface area contributed by atoms with Gasteiger partial charge in [0.05, 0.1) is 17.9 Å². The number of rotatable bonds is 6. The molecular formula is C27H34F3NO3. The molecule has 2 aromatic rings. The maximum absolute atomic E-state index is 12.9. The first-order chi connectivity index (χ1) is 15.9. The molecule has 34 heavy (non-hydrogen) atoms. The van der Waals surface area contributed by atoms with Crippen LogP contribution in [-0.2, 0) is 4.79 Å². The summed E-state index contributed by atoms with van der Waals surface area (Å²) in [7, 11) is 0. The lowest BCUT2D eigenvalue weighted by atomic mass is 9.58. The fourth-order valence-corrected chi connectivity index (χ4v) is 5.59. The van der Waals surface area contributed by atoms with Crippen molar-refractivity contribution in [3.8, 4) is 5.75 Å². The standard InChI is InChI=1S/C27H34F3NO3/c1-15-21-11-5-17(16(2)31-24-14-22(25(32)33)26(24,3)4)13-18(21)6-12-23(15)34-20-9-7-19(8-10-20)27(28,29)30/h5-6,11-13,16,19-20,22,24,31H,7-10,14H2,1-4H3,(H,32,33). The summed E-state index contributed by atoms with van der Waals surface area (Å²) in [5, 5.41) is 15.1. The normalized spacial score (nSPS) is 27.7. The van der Waals surface area contributed by atoms with Crippen LogP contribution in [0.15, 0.2) is 30.3 Å². The molecule has 0 saturated heterocycles. The van der Waals surface area contributed by atoms with Gasteiger partial charge < -0.3 is 15.2 Å². The van der Waals surface area contributed by atoms with Crippen LogP contribution in [-0.4, -0.2) is 29.4 Å². The number of ether oxygens (including phenoxy) is 1. The summed E-state index contributed by atoms with van der Waals surface area (Å²) in [5.74, 6) is -1.53.